The van der Waals surface area contributed by atoms with Crippen molar-refractivity contribution >= 4 is 73.8 Å². The number of carbonyl (C=O) groups is 2. The highest BCUT2D eigenvalue weighted by atomic mass is 79.9. The number of esters is 1. The van der Waals surface area contributed by atoms with Gasteiger partial charge in [-0.3, -0.25) is 4.79 Å². The van der Waals surface area contributed by atoms with Crippen molar-refractivity contribution in [2.45, 2.75) is 0 Å². The average molecular weight is 455 g/mol. The molecular formula is C17H9BrClNO3S2. The second-order valence-corrected chi connectivity index (χ2v) is 7.95. The van der Waals surface area contributed by atoms with E-state index in [4.69, 9.17) is 28.6 Å². The summed E-state index contributed by atoms with van der Waals surface area (Å²) in [5.41, 5.74) is 1.18. The lowest BCUT2D eigenvalue weighted by Gasteiger charge is -2.07. The van der Waals surface area contributed by atoms with Gasteiger partial charge in [0.15, 0.2) is 0 Å². The maximum absolute atomic E-state index is 12.2. The number of thioether (sulfide) groups is 1. The van der Waals surface area contributed by atoms with Crippen LogP contribution in [0.3, 0.4) is 0 Å². The highest BCUT2D eigenvalue weighted by Crippen LogP contribution is 2.30. The van der Waals surface area contributed by atoms with Gasteiger partial charge in [-0.05, 0) is 64.0 Å². The molecule has 0 unspecified atom stereocenters. The van der Waals surface area contributed by atoms with E-state index in [1.807, 2.05) is 0 Å². The molecule has 1 aliphatic rings. The summed E-state index contributed by atoms with van der Waals surface area (Å²) in [6.45, 7) is 0. The Morgan fingerprint density at radius 3 is 2.56 bits per heavy atom. The third-order valence-corrected chi connectivity index (χ3v) is 5.21. The molecule has 1 amide bonds. The molecule has 0 radical (unpaired) electrons. The van der Waals surface area contributed by atoms with Gasteiger partial charge in [-0.25, -0.2) is 4.79 Å². The van der Waals surface area contributed by atoms with Crippen molar-refractivity contribution in [3.63, 3.8) is 0 Å². The van der Waals surface area contributed by atoms with Crippen molar-refractivity contribution in [1.82, 2.24) is 5.32 Å². The van der Waals surface area contributed by atoms with Crippen LogP contribution in [0.15, 0.2) is 51.8 Å². The largest absolute Gasteiger partial charge is 0.422 e. The van der Waals surface area contributed by atoms with Gasteiger partial charge in [0.25, 0.3) is 5.91 Å². The number of hydrogen-bond donors (Lipinski definition) is 1. The molecule has 3 rings (SSSR count). The third-order valence-electron chi connectivity index (χ3n) is 3.18. The van der Waals surface area contributed by atoms with Crippen LogP contribution in [0.1, 0.15) is 15.9 Å². The van der Waals surface area contributed by atoms with Crippen molar-refractivity contribution in [2.75, 3.05) is 0 Å². The maximum atomic E-state index is 12.2. The molecule has 0 atom stereocenters. The fourth-order valence-corrected chi connectivity index (χ4v) is 3.65. The summed E-state index contributed by atoms with van der Waals surface area (Å²) in [6.07, 6.45) is 1.72. The minimum atomic E-state index is -0.487. The van der Waals surface area contributed by atoms with Gasteiger partial charge >= 0.3 is 5.97 Å². The molecule has 2 aromatic carbocycles. The van der Waals surface area contributed by atoms with E-state index in [0.717, 1.165) is 5.56 Å². The minimum Gasteiger partial charge on any atom is -0.422 e. The van der Waals surface area contributed by atoms with Gasteiger partial charge in [0.05, 0.1) is 14.9 Å². The maximum Gasteiger partial charge on any atom is 0.343 e. The normalized spacial score (nSPS) is 15.4. The zero-order chi connectivity index (χ0) is 18.0. The molecule has 0 aromatic heterocycles. The number of hydrogen-bond acceptors (Lipinski definition) is 5. The van der Waals surface area contributed by atoms with Gasteiger partial charge in [-0.2, -0.15) is 0 Å². The van der Waals surface area contributed by atoms with Crippen LogP contribution < -0.4 is 10.1 Å². The molecule has 1 saturated heterocycles. The molecule has 0 spiro atoms. The fourth-order valence-electron chi connectivity index (χ4n) is 2.01. The molecular weight excluding hydrogens is 446 g/mol. The Morgan fingerprint density at radius 2 is 1.96 bits per heavy atom. The summed E-state index contributed by atoms with van der Waals surface area (Å²) < 4.78 is 6.41. The van der Waals surface area contributed by atoms with Gasteiger partial charge in [-0.15, -0.1) is 0 Å². The van der Waals surface area contributed by atoms with Crippen molar-refractivity contribution in [3.05, 3.63) is 68.0 Å². The Hall–Kier alpha value is -1.67. The summed E-state index contributed by atoms with van der Waals surface area (Å²) >= 11 is 15.3. The number of benzene rings is 2. The number of halogens is 2. The minimum absolute atomic E-state index is 0.218. The zero-order valence-electron chi connectivity index (χ0n) is 12.4. The van der Waals surface area contributed by atoms with Gasteiger partial charge in [0, 0.05) is 5.02 Å². The van der Waals surface area contributed by atoms with Crippen LogP contribution in [-0.4, -0.2) is 16.2 Å². The first-order chi connectivity index (χ1) is 11.9. The van der Waals surface area contributed by atoms with E-state index in [9.17, 15) is 9.59 Å². The number of thiocarbonyl (C=S) groups is 1. The molecule has 8 heteroatoms. The van der Waals surface area contributed by atoms with Gasteiger partial charge < -0.3 is 10.1 Å². The first kappa shape index (κ1) is 18.1. The van der Waals surface area contributed by atoms with E-state index < -0.39 is 5.97 Å². The van der Waals surface area contributed by atoms with E-state index >= 15 is 0 Å². The standard InChI is InChI=1S/C17H9BrClNO3S2/c18-12-7-9(8-14-15(21)20-17(24)25-14)1-6-13(12)23-16(22)10-2-4-11(19)5-3-10/h1-8H,(H,20,21,24). The van der Waals surface area contributed by atoms with Crippen LogP contribution in [-0.2, 0) is 4.79 Å². The van der Waals surface area contributed by atoms with Crippen molar-refractivity contribution in [3.8, 4) is 5.75 Å². The van der Waals surface area contributed by atoms with Crippen molar-refractivity contribution in [1.29, 1.82) is 0 Å². The molecule has 1 heterocycles. The molecule has 126 valence electrons. The number of ether oxygens (including phenoxy) is 1. The fraction of sp³-hybridized carbons (Fsp3) is 0. The van der Waals surface area contributed by atoms with Crippen LogP contribution in [0.2, 0.25) is 5.02 Å². The van der Waals surface area contributed by atoms with E-state index in [2.05, 4.69) is 21.2 Å². The Kier molecular flexibility index (Phi) is 5.58. The second kappa shape index (κ2) is 7.70. The molecule has 1 fully saturated rings. The molecule has 1 N–H and O–H groups in total. The lowest BCUT2D eigenvalue weighted by Crippen LogP contribution is -2.17. The van der Waals surface area contributed by atoms with E-state index in [1.165, 1.54) is 11.8 Å². The summed E-state index contributed by atoms with van der Waals surface area (Å²) in [5.74, 6) is -0.329. The van der Waals surface area contributed by atoms with Crippen molar-refractivity contribution in [2.24, 2.45) is 0 Å². The number of carbonyl (C=O) groups excluding carboxylic acids is 2. The van der Waals surface area contributed by atoms with E-state index in [1.54, 1.807) is 48.5 Å². The highest BCUT2D eigenvalue weighted by molar-refractivity contribution is 9.10. The highest BCUT2D eigenvalue weighted by Gasteiger charge is 2.22. The van der Waals surface area contributed by atoms with E-state index in [0.29, 0.717) is 30.0 Å². The van der Waals surface area contributed by atoms with Crippen LogP contribution in [0.5, 0.6) is 5.75 Å². The molecule has 2 aromatic rings. The molecule has 4 nitrogen and oxygen atoms in total. The van der Waals surface area contributed by atoms with E-state index in [-0.39, 0.29) is 5.91 Å². The smallest absolute Gasteiger partial charge is 0.343 e. The van der Waals surface area contributed by atoms with Gasteiger partial charge in [-0.1, -0.05) is 41.6 Å². The lowest BCUT2D eigenvalue weighted by atomic mass is 10.2. The number of nitrogens with one attached hydrogen (secondary N) is 1. The Morgan fingerprint density at radius 1 is 1.24 bits per heavy atom. The monoisotopic (exact) mass is 453 g/mol. The Labute approximate surface area is 166 Å². The summed E-state index contributed by atoms with van der Waals surface area (Å²) in [7, 11) is 0. The first-order valence-electron chi connectivity index (χ1n) is 6.94. The zero-order valence-corrected chi connectivity index (χ0v) is 16.4. The topological polar surface area (TPSA) is 55.4 Å². The predicted molar refractivity (Wildman–Crippen MR) is 107 cm³/mol. The van der Waals surface area contributed by atoms with Crippen LogP contribution in [0.4, 0.5) is 0 Å². The number of amides is 1. The van der Waals surface area contributed by atoms with Crippen LogP contribution in [0.25, 0.3) is 6.08 Å². The average Bonchev–Trinajstić information content (AvgIpc) is 2.88. The Balaban J connectivity index is 1.77. The lowest BCUT2D eigenvalue weighted by molar-refractivity contribution is -0.115. The van der Waals surface area contributed by atoms with Gasteiger partial charge in [0.1, 0.15) is 10.1 Å². The van der Waals surface area contributed by atoms with Crippen LogP contribution >= 0.6 is 51.5 Å². The summed E-state index contributed by atoms with van der Waals surface area (Å²) in [5, 5.41) is 3.10. The van der Waals surface area contributed by atoms with Crippen molar-refractivity contribution < 1.29 is 14.3 Å². The Bertz CT molecular complexity index is 913. The summed E-state index contributed by atoms with van der Waals surface area (Å²) in [4.78, 5) is 24.4. The SMILES string of the molecule is O=C1NC(=S)SC1=Cc1ccc(OC(=O)c2ccc(Cl)cc2)c(Br)c1. The molecule has 0 saturated carbocycles. The first-order valence-corrected chi connectivity index (χ1v) is 9.34. The second-order valence-electron chi connectivity index (χ2n) is 4.94. The molecule has 0 bridgehead atoms. The summed E-state index contributed by atoms with van der Waals surface area (Å²) in [6, 6.07) is 11.6. The molecule has 25 heavy (non-hydrogen) atoms. The van der Waals surface area contributed by atoms with Gasteiger partial charge in [0.2, 0.25) is 0 Å². The number of rotatable bonds is 3. The molecule has 0 aliphatic carbocycles. The quantitative estimate of drug-likeness (QED) is 0.312. The third kappa shape index (κ3) is 4.49. The predicted octanol–water partition coefficient (Wildman–Crippen LogP) is 4.81. The van der Waals surface area contributed by atoms with Crippen LogP contribution in [0, 0.1) is 0 Å². The molecule has 1 aliphatic heterocycles.